The molecule has 2 atom stereocenters. The molecule has 28 heavy (non-hydrogen) atoms. The molecule has 0 radical (unpaired) electrons. The first-order valence-electron chi connectivity index (χ1n) is 9.22. The summed E-state index contributed by atoms with van der Waals surface area (Å²) in [5, 5.41) is 12.9. The predicted octanol–water partition coefficient (Wildman–Crippen LogP) is 4.69. The van der Waals surface area contributed by atoms with E-state index in [0.717, 1.165) is 42.7 Å². The van der Waals surface area contributed by atoms with Crippen molar-refractivity contribution in [1.29, 1.82) is 0 Å². The zero-order valence-electron chi connectivity index (χ0n) is 15.5. The predicted molar refractivity (Wildman–Crippen MR) is 108 cm³/mol. The van der Waals surface area contributed by atoms with Gasteiger partial charge in [0.15, 0.2) is 0 Å². The van der Waals surface area contributed by atoms with Crippen molar-refractivity contribution >= 4 is 11.7 Å². The third-order valence-electron chi connectivity index (χ3n) is 5.13. The maximum atomic E-state index is 11.3. The van der Waals surface area contributed by atoms with E-state index in [9.17, 15) is 9.90 Å². The first-order valence-corrected chi connectivity index (χ1v) is 9.22. The Bertz CT molecular complexity index is 909. The molecule has 2 unspecified atom stereocenters. The van der Waals surface area contributed by atoms with E-state index in [1.807, 2.05) is 36.4 Å². The summed E-state index contributed by atoms with van der Waals surface area (Å²) in [6.45, 7) is 2.37. The van der Waals surface area contributed by atoms with E-state index in [-0.39, 0.29) is 18.3 Å². The molecule has 0 bridgehead atoms. The van der Waals surface area contributed by atoms with Gasteiger partial charge in [0, 0.05) is 42.2 Å². The summed E-state index contributed by atoms with van der Waals surface area (Å²) in [6, 6.07) is 15.5. The van der Waals surface area contributed by atoms with Crippen LogP contribution in [0.4, 0.5) is 5.69 Å². The first kappa shape index (κ1) is 19.5. The molecule has 0 saturated carbocycles. The van der Waals surface area contributed by atoms with Crippen LogP contribution in [-0.4, -0.2) is 29.1 Å². The molecule has 1 heterocycles. The maximum Gasteiger partial charge on any atom is 0.303 e. The zero-order chi connectivity index (χ0) is 19.9. The van der Waals surface area contributed by atoms with Gasteiger partial charge in [-0.05, 0) is 47.0 Å². The Morgan fingerprint density at radius 1 is 1.21 bits per heavy atom. The van der Waals surface area contributed by atoms with Crippen molar-refractivity contribution in [2.45, 2.75) is 25.3 Å². The molecule has 0 aliphatic carbocycles. The van der Waals surface area contributed by atoms with Crippen molar-refractivity contribution in [3.8, 4) is 12.3 Å². The SMILES string of the molecule is C#Cc1ccc(CN2CC(CC(=O)O)CC(c3ccc(N=[N+]=[N-])cc3)C2)cc1. The molecule has 1 aliphatic heterocycles. The van der Waals surface area contributed by atoms with Crippen molar-refractivity contribution in [2.75, 3.05) is 13.1 Å². The number of carbonyl (C=O) groups is 1. The van der Waals surface area contributed by atoms with Gasteiger partial charge in [0.2, 0.25) is 0 Å². The van der Waals surface area contributed by atoms with Gasteiger partial charge >= 0.3 is 5.97 Å². The van der Waals surface area contributed by atoms with Crippen LogP contribution in [0.2, 0.25) is 0 Å². The lowest BCUT2D eigenvalue weighted by Gasteiger charge is -2.37. The molecule has 3 rings (SSSR count). The lowest BCUT2D eigenvalue weighted by Crippen LogP contribution is -2.39. The van der Waals surface area contributed by atoms with Crippen molar-refractivity contribution in [1.82, 2.24) is 4.90 Å². The molecular formula is C22H22N4O2. The smallest absolute Gasteiger partial charge is 0.303 e. The molecule has 6 nitrogen and oxygen atoms in total. The maximum absolute atomic E-state index is 11.3. The van der Waals surface area contributed by atoms with Crippen molar-refractivity contribution in [3.63, 3.8) is 0 Å². The van der Waals surface area contributed by atoms with Gasteiger partial charge in [-0.2, -0.15) is 0 Å². The topological polar surface area (TPSA) is 89.3 Å². The number of carboxylic acids is 1. The largest absolute Gasteiger partial charge is 0.481 e. The molecular weight excluding hydrogens is 352 g/mol. The second-order valence-electron chi connectivity index (χ2n) is 7.21. The highest BCUT2D eigenvalue weighted by molar-refractivity contribution is 5.67. The molecule has 6 heteroatoms. The highest BCUT2D eigenvalue weighted by atomic mass is 16.4. The number of likely N-dealkylation sites (tertiary alicyclic amines) is 1. The van der Waals surface area contributed by atoms with E-state index in [4.69, 9.17) is 12.0 Å². The highest BCUT2D eigenvalue weighted by Gasteiger charge is 2.29. The molecule has 2 aromatic rings. The molecule has 1 fully saturated rings. The summed E-state index contributed by atoms with van der Waals surface area (Å²) in [6.07, 6.45) is 6.42. The van der Waals surface area contributed by atoms with Gasteiger partial charge in [-0.3, -0.25) is 9.69 Å². The fourth-order valence-electron chi connectivity index (χ4n) is 3.90. The number of aliphatic carboxylic acids is 1. The van der Waals surface area contributed by atoms with Crippen molar-refractivity contribution in [3.05, 3.63) is 75.7 Å². The molecule has 0 spiro atoms. The third-order valence-corrected chi connectivity index (χ3v) is 5.13. The average Bonchev–Trinajstić information content (AvgIpc) is 2.69. The number of hydrogen-bond donors (Lipinski definition) is 1. The van der Waals surface area contributed by atoms with E-state index < -0.39 is 5.97 Å². The van der Waals surface area contributed by atoms with Crippen molar-refractivity contribution < 1.29 is 9.90 Å². The second-order valence-corrected chi connectivity index (χ2v) is 7.21. The summed E-state index contributed by atoms with van der Waals surface area (Å²) in [4.78, 5) is 16.4. The fraction of sp³-hybridized carbons (Fsp3) is 0.318. The minimum atomic E-state index is -0.761. The normalized spacial score (nSPS) is 19.4. The number of terminal acetylenes is 1. The lowest BCUT2D eigenvalue weighted by atomic mass is 9.83. The second kappa shape index (κ2) is 9.09. The number of piperidine rings is 1. The average molecular weight is 374 g/mol. The fourth-order valence-corrected chi connectivity index (χ4v) is 3.90. The third kappa shape index (κ3) is 5.14. The first-order chi connectivity index (χ1) is 13.6. The Morgan fingerprint density at radius 3 is 2.54 bits per heavy atom. The van der Waals surface area contributed by atoms with Crippen LogP contribution in [0.1, 0.15) is 35.4 Å². The number of nitrogens with zero attached hydrogens (tertiary/aromatic N) is 4. The summed E-state index contributed by atoms with van der Waals surface area (Å²) >= 11 is 0. The van der Waals surface area contributed by atoms with Gasteiger partial charge in [-0.15, -0.1) is 6.42 Å². The van der Waals surface area contributed by atoms with Crippen molar-refractivity contribution in [2.24, 2.45) is 11.0 Å². The van der Waals surface area contributed by atoms with Crippen LogP contribution in [0.5, 0.6) is 0 Å². The zero-order valence-corrected chi connectivity index (χ0v) is 15.5. The number of benzene rings is 2. The summed E-state index contributed by atoms with van der Waals surface area (Å²) < 4.78 is 0. The molecule has 1 aliphatic rings. The van der Waals surface area contributed by atoms with Crippen LogP contribution >= 0.6 is 0 Å². The van der Waals surface area contributed by atoms with Gasteiger partial charge in [0.05, 0.1) is 0 Å². The van der Waals surface area contributed by atoms with Gasteiger partial charge < -0.3 is 5.11 Å². The molecule has 1 N–H and O–H groups in total. The molecule has 0 amide bonds. The Hall–Kier alpha value is -3.26. The Labute approximate surface area is 164 Å². The lowest BCUT2D eigenvalue weighted by molar-refractivity contribution is -0.138. The quantitative estimate of drug-likeness (QED) is 0.344. The monoisotopic (exact) mass is 374 g/mol. The van der Waals surface area contributed by atoms with Crippen LogP contribution in [-0.2, 0) is 11.3 Å². The van der Waals surface area contributed by atoms with E-state index in [1.165, 1.54) is 0 Å². The number of carboxylic acid groups (broad SMARTS) is 1. The Kier molecular flexibility index (Phi) is 6.33. The minimum absolute atomic E-state index is 0.0954. The minimum Gasteiger partial charge on any atom is -0.481 e. The standard InChI is InChI=1S/C22H22N4O2/c1-2-16-3-5-17(6-4-16)13-26-14-18(12-22(27)28)11-20(15-26)19-7-9-21(10-8-19)24-25-23/h1,3-10,18,20H,11-15H2,(H,27,28). The van der Waals surface area contributed by atoms with E-state index in [2.05, 4.69) is 20.8 Å². The summed E-state index contributed by atoms with van der Waals surface area (Å²) in [5.41, 5.74) is 12.3. The van der Waals surface area contributed by atoms with Gasteiger partial charge in [-0.25, -0.2) is 0 Å². The van der Waals surface area contributed by atoms with Gasteiger partial charge in [0.1, 0.15) is 0 Å². The number of azide groups is 1. The van der Waals surface area contributed by atoms with Crippen LogP contribution in [0.15, 0.2) is 53.6 Å². The van der Waals surface area contributed by atoms with E-state index in [1.54, 1.807) is 12.1 Å². The van der Waals surface area contributed by atoms with Crippen LogP contribution in [0.25, 0.3) is 10.4 Å². The van der Waals surface area contributed by atoms with E-state index >= 15 is 0 Å². The Morgan fingerprint density at radius 2 is 1.93 bits per heavy atom. The molecule has 0 aromatic heterocycles. The summed E-state index contributed by atoms with van der Waals surface area (Å²) in [5.74, 6) is 2.19. The molecule has 2 aromatic carbocycles. The summed E-state index contributed by atoms with van der Waals surface area (Å²) in [7, 11) is 0. The highest BCUT2D eigenvalue weighted by Crippen LogP contribution is 2.33. The van der Waals surface area contributed by atoms with E-state index in [0.29, 0.717) is 5.69 Å². The number of hydrogen-bond acceptors (Lipinski definition) is 3. The molecule has 142 valence electrons. The van der Waals surface area contributed by atoms with Crippen LogP contribution < -0.4 is 0 Å². The number of rotatable bonds is 6. The van der Waals surface area contributed by atoms with Crippen LogP contribution in [0, 0.1) is 18.3 Å². The van der Waals surface area contributed by atoms with Gasteiger partial charge in [0.25, 0.3) is 0 Å². The van der Waals surface area contributed by atoms with Crippen LogP contribution in [0.3, 0.4) is 0 Å². The Balaban J connectivity index is 1.76. The van der Waals surface area contributed by atoms with Gasteiger partial charge in [-0.1, -0.05) is 47.4 Å². The molecule has 1 saturated heterocycles.